The van der Waals surface area contributed by atoms with Crippen molar-refractivity contribution in [1.82, 2.24) is 38.6 Å². The van der Waals surface area contributed by atoms with Crippen molar-refractivity contribution in [3.8, 4) is 0 Å². The second-order valence-electron chi connectivity index (χ2n) is 6.15. The van der Waals surface area contributed by atoms with Crippen molar-refractivity contribution in [3.63, 3.8) is 0 Å². The molecule has 0 aliphatic heterocycles. The predicted molar refractivity (Wildman–Crippen MR) is 112 cm³/mol. The quantitative estimate of drug-likeness (QED) is 0.382. The number of nitrogens with zero attached hydrogens (tertiary/aromatic N) is 5. The molecule has 4 rings (SSSR count). The minimum Gasteiger partial charge on any atom is -0.321 e. The fraction of sp³-hybridized carbons (Fsp3) is 0.222. The summed E-state index contributed by atoms with van der Waals surface area (Å²) in [5.74, 6) is 0. The fourth-order valence-electron chi connectivity index (χ4n) is 2.98. The lowest BCUT2D eigenvalue weighted by Crippen LogP contribution is -2.30. The summed E-state index contributed by atoms with van der Waals surface area (Å²) in [4.78, 5) is 60.3. The number of fused-ring (bicyclic) bond motifs is 2. The van der Waals surface area contributed by atoms with E-state index >= 15 is 0 Å². The van der Waals surface area contributed by atoms with Crippen LogP contribution in [-0.2, 0) is 19.6 Å². The minimum absolute atomic E-state index is 0.292. The average molecular weight is 412 g/mol. The molecule has 0 spiro atoms. The second kappa shape index (κ2) is 8.43. The molecule has 3 N–H and O–H groups in total. The Hall–Kier alpha value is -4.22. The lowest BCUT2D eigenvalue weighted by molar-refractivity contribution is 0.718. The predicted octanol–water partition coefficient (Wildman–Crippen LogP) is -0.309. The number of aromatic nitrogens is 8. The molecule has 12 nitrogen and oxygen atoms in total. The summed E-state index contributed by atoms with van der Waals surface area (Å²) in [7, 11) is 0. The Morgan fingerprint density at radius 2 is 1.50 bits per heavy atom. The monoisotopic (exact) mass is 412 g/mol. The maximum atomic E-state index is 11.7. The van der Waals surface area contributed by atoms with Crippen molar-refractivity contribution in [2.24, 2.45) is 0 Å². The van der Waals surface area contributed by atoms with E-state index < -0.39 is 22.5 Å². The Morgan fingerprint density at radius 1 is 0.900 bits per heavy atom. The standard InChI is InChI=1S/C10H12N4O2.C8H8N4O2/c1-3-5-13-6-11-8-7(13)9(15)12-10(16)14(8)4-2;1-2-3-12-4-9-6-5(12)7(13)11-8(14)10-6/h3,6H,1,4-5H2,2H3,(H,12,15,16);2,4H,1,3H2,(H2,10,11,13,14). The Bertz CT molecular complexity index is 1460. The molecule has 4 heterocycles. The highest BCUT2D eigenvalue weighted by molar-refractivity contribution is 5.70. The summed E-state index contributed by atoms with van der Waals surface area (Å²) >= 11 is 0. The molecule has 30 heavy (non-hydrogen) atoms. The van der Waals surface area contributed by atoms with Crippen LogP contribution in [0.5, 0.6) is 0 Å². The molecule has 0 atom stereocenters. The van der Waals surface area contributed by atoms with Crippen LogP contribution in [0.3, 0.4) is 0 Å². The number of hydrogen-bond donors (Lipinski definition) is 3. The third-order valence-corrected chi connectivity index (χ3v) is 4.23. The highest BCUT2D eigenvalue weighted by Crippen LogP contribution is 2.05. The average Bonchev–Trinajstić information content (AvgIpc) is 3.28. The van der Waals surface area contributed by atoms with Crippen LogP contribution >= 0.6 is 0 Å². The number of allylic oxidation sites excluding steroid dienone is 2. The van der Waals surface area contributed by atoms with Crippen molar-refractivity contribution >= 4 is 22.3 Å². The van der Waals surface area contributed by atoms with Gasteiger partial charge in [-0.25, -0.2) is 19.6 Å². The summed E-state index contributed by atoms with van der Waals surface area (Å²) < 4.78 is 4.69. The van der Waals surface area contributed by atoms with Crippen LogP contribution in [0.2, 0.25) is 0 Å². The molecule has 4 aromatic rings. The van der Waals surface area contributed by atoms with Crippen LogP contribution in [0.1, 0.15) is 6.92 Å². The summed E-state index contributed by atoms with van der Waals surface area (Å²) in [6, 6.07) is 0. The van der Waals surface area contributed by atoms with Crippen molar-refractivity contribution < 1.29 is 0 Å². The van der Waals surface area contributed by atoms with Gasteiger partial charge < -0.3 is 9.13 Å². The van der Waals surface area contributed by atoms with Crippen molar-refractivity contribution in [1.29, 1.82) is 0 Å². The summed E-state index contributed by atoms with van der Waals surface area (Å²) in [5, 5.41) is 0. The molecule has 0 fully saturated rings. The van der Waals surface area contributed by atoms with E-state index in [4.69, 9.17) is 0 Å². The van der Waals surface area contributed by atoms with Crippen LogP contribution in [-0.4, -0.2) is 38.6 Å². The van der Waals surface area contributed by atoms with Crippen molar-refractivity contribution in [3.05, 3.63) is 79.6 Å². The van der Waals surface area contributed by atoms with Gasteiger partial charge in [-0.3, -0.25) is 29.1 Å². The number of aryl methyl sites for hydroxylation is 1. The van der Waals surface area contributed by atoms with Gasteiger partial charge in [0.15, 0.2) is 22.3 Å². The highest BCUT2D eigenvalue weighted by atomic mass is 16.2. The zero-order valence-corrected chi connectivity index (χ0v) is 16.2. The lowest BCUT2D eigenvalue weighted by atomic mass is 10.5. The summed E-state index contributed by atoms with van der Waals surface area (Å²) in [6.45, 7) is 10.4. The van der Waals surface area contributed by atoms with E-state index in [0.29, 0.717) is 42.0 Å². The molecule has 0 amide bonds. The fourth-order valence-corrected chi connectivity index (χ4v) is 2.98. The number of H-pyrrole nitrogens is 3. The largest absolute Gasteiger partial charge is 0.330 e. The molecule has 0 aromatic carbocycles. The number of rotatable bonds is 5. The van der Waals surface area contributed by atoms with E-state index in [2.05, 4.69) is 38.1 Å². The van der Waals surface area contributed by atoms with Gasteiger partial charge in [-0.2, -0.15) is 0 Å². The van der Waals surface area contributed by atoms with Gasteiger partial charge in [-0.05, 0) is 6.92 Å². The smallest absolute Gasteiger partial charge is 0.321 e. The zero-order valence-electron chi connectivity index (χ0n) is 16.2. The SMILES string of the molecule is C=CCn1cnc2[nH]c(=O)[nH]c(=O)c21.C=CCn1cnc2c1c(=O)[nH]c(=O)n2CC. The van der Waals surface area contributed by atoms with Gasteiger partial charge in [0.05, 0.1) is 12.7 Å². The molecule has 156 valence electrons. The van der Waals surface area contributed by atoms with Crippen LogP contribution in [0.4, 0.5) is 0 Å². The van der Waals surface area contributed by atoms with Crippen molar-refractivity contribution in [2.45, 2.75) is 26.6 Å². The molecule has 0 aliphatic rings. The van der Waals surface area contributed by atoms with Crippen LogP contribution in [0, 0.1) is 0 Å². The molecule has 0 bridgehead atoms. The van der Waals surface area contributed by atoms with E-state index in [1.165, 1.54) is 17.2 Å². The molecule has 0 radical (unpaired) electrons. The normalized spacial score (nSPS) is 10.7. The topological polar surface area (TPSA) is 156 Å². The van der Waals surface area contributed by atoms with E-state index in [1.54, 1.807) is 21.3 Å². The van der Waals surface area contributed by atoms with Crippen LogP contribution in [0.15, 0.2) is 57.1 Å². The lowest BCUT2D eigenvalue weighted by Gasteiger charge is -2.02. The highest BCUT2D eigenvalue weighted by Gasteiger charge is 2.11. The summed E-state index contributed by atoms with van der Waals surface area (Å²) in [5.41, 5.74) is -0.369. The minimum atomic E-state index is -0.550. The summed E-state index contributed by atoms with van der Waals surface area (Å²) in [6.07, 6.45) is 6.33. The Labute approximate surface area is 167 Å². The maximum absolute atomic E-state index is 11.7. The van der Waals surface area contributed by atoms with Gasteiger partial charge in [-0.15, -0.1) is 13.2 Å². The molecule has 4 aromatic heterocycles. The van der Waals surface area contributed by atoms with E-state index in [0.717, 1.165) is 0 Å². The maximum Gasteiger partial charge on any atom is 0.330 e. The third kappa shape index (κ3) is 3.70. The van der Waals surface area contributed by atoms with Gasteiger partial charge in [0.25, 0.3) is 11.1 Å². The van der Waals surface area contributed by atoms with Crippen LogP contribution in [0.25, 0.3) is 22.3 Å². The Kier molecular flexibility index (Phi) is 5.76. The van der Waals surface area contributed by atoms with Gasteiger partial charge in [0.2, 0.25) is 0 Å². The second-order valence-corrected chi connectivity index (χ2v) is 6.15. The first-order valence-corrected chi connectivity index (χ1v) is 8.98. The first-order chi connectivity index (χ1) is 14.4. The van der Waals surface area contributed by atoms with E-state index in [-0.39, 0.29) is 0 Å². The molecule has 0 saturated carbocycles. The molecule has 0 saturated heterocycles. The number of aromatic amines is 3. The Morgan fingerprint density at radius 3 is 2.13 bits per heavy atom. The number of nitrogens with one attached hydrogen (secondary N) is 3. The van der Waals surface area contributed by atoms with Gasteiger partial charge in [-0.1, -0.05) is 12.2 Å². The van der Waals surface area contributed by atoms with E-state index in [1.807, 2.05) is 6.92 Å². The first-order valence-electron chi connectivity index (χ1n) is 8.98. The molecule has 0 aliphatic carbocycles. The molecule has 0 unspecified atom stereocenters. The number of hydrogen-bond acceptors (Lipinski definition) is 6. The zero-order chi connectivity index (χ0) is 21.8. The molecular weight excluding hydrogens is 392 g/mol. The first kappa shape index (κ1) is 20.5. The van der Waals surface area contributed by atoms with Gasteiger partial charge >= 0.3 is 11.4 Å². The third-order valence-electron chi connectivity index (χ3n) is 4.23. The molecular formula is C18H20N8O4. The van der Waals surface area contributed by atoms with Crippen LogP contribution < -0.4 is 22.5 Å². The number of imidazole rings is 2. The molecule has 12 heteroatoms. The van der Waals surface area contributed by atoms with E-state index in [9.17, 15) is 19.2 Å². The van der Waals surface area contributed by atoms with Crippen molar-refractivity contribution in [2.75, 3.05) is 0 Å². The Balaban J connectivity index is 0.000000172. The van der Waals surface area contributed by atoms with Gasteiger partial charge in [0.1, 0.15) is 0 Å². The van der Waals surface area contributed by atoms with Gasteiger partial charge in [0, 0.05) is 19.6 Å².